The average molecular weight is 158 g/mol. The summed E-state index contributed by atoms with van der Waals surface area (Å²) < 4.78 is 0. The van der Waals surface area contributed by atoms with Gasteiger partial charge in [0.2, 0.25) is 0 Å². The van der Waals surface area contributed by atoms with E-state index >= 15 is 0 Å². The van der Waals surface area contributed by atoms with Gasteiger partial charge in [0.05, 0.1) is 0 Å². The van der Waals surface area contributed by atoms with Crippen LogP contribution in [0.4, 0.5) is 0 Å². The van der Waals surface area contributed by atoms with E-state index in [9.17, 15) is 0 Å². The smallest absolute Gasteiger partial charge is 0.0130 e. The van der Waals surface area contributed by atoms with Crippen LogP contribution in [0.25, 0.3) is 0 Å². The molecular formula is C12H14. The van der Waals surface area contributed by atoms with Crippen LogP contribution in [0.1, 0.15) is 12.8 Å². The summed E-state index contributed by atoms with van der Waals surface area (Å²) in [6, 6.07) is 0. The molecule has 0 aromatic carbocycles. The van der Waals surface area contributed by atoms with Gasteiger partial charge in [-0.3, -0.25) is 0 Å². The van der Waals surface area contributed by atoms with Crippen LogP contribution in [0, 0.1) is 11.8 Å². The monoisotopic (exact) mass is 158 g/mol. The van der Waals surface area contributed by atoms with Crippen LogP contribution in [0.2, 0.25) is 0 Å². The van der Waals surface area contributed by atoms with E-state index in [4.69, 9.17) is 0 Å². The van der Waals surface area contributed by atoms with Gasteiger partial charge in [-0.2, -0.15) is 0 Å². The van der Waals surface area contributed by atoms with Gasteiger partial charge in [0.25, 0.3) is 0 Å². The Labute approximate surface area is 74.0 Å². The molecule has 0 spiro atoms. The minimum Gasteiger partial charge on any atom is -0.0839 e. The third-order valence-electron chi connectivity index (χ3n) is 2.58. The van der Waals surface area contributed by atoms with E-state index in [0.29, 0.717) is 0 Å². The molecule has 1 unspecified atom stereocenters. The van der Waals surface area contributed by atoms with Gasteiger partial charge in [-0.15, -0.1) is 0 Å². The zero-order valence-electron chi connectivity index (χ0n) is 7.19. The topological polar surface area (TPSA) is 0 Å². The Morgan fingerprint density at radius 3 is 1.50 bits per heavy atom. The lowest BCUT2D eigenvalue weighted by Gasteiger charge is -2.22. The van der Waals surface area contributed by atoms with E-state index in [0.717, 1.165) is 11.8 Å². The second-order valence-corrected chi connectivity index (χ2v) is 3.43. The van der Waals surface area contributed by atoms with Gasteiger partial charge >= 0.3 is 0 Å². The fourth-order valence-corrected chi connectivity index (χ4v) is 1.83. The maximum absolute atomic E-state index is 2.33. The van der Waals surface area contributed by atoms with Gasteiger partial charge < -0.3 is 0 Å². The Morgan fingerprint density at radius 2 is 1.17 bits per heavy atom. The lowest BCUT2D eigenvalue weighted by Crippen LogP contribution is -2.11. The Balaban J connectivity index is 2.01. The minimum atomic E-state index is 0.733. The van der Waals surface area contributed by atoms with Crippen molar-refractivity contribution in [1.29, 1.82) is 0 Å². The molecule has 2 rings (SSSR count). The highest BCUT2D eigenvalue weighted by Crippen LogP contribution is 2.27. The first-order valence-corrected chi connectivity index (χ1v) is 4.63. The molecule has 0 N–H and O–H groups in total. The van der Waals surface area contributed by atoms with Crippen LogP contribution in [0.5, 0.6) is 0 Å². The second kappa shape index (κ2) is 3.57. The van der Waals surface area contributed by atoms with Crippen molar-refractivity contribution in [3.05, 3.63) is 48.6 Å². The molecule has 0 saturated heterocycles. The molecule has 62 valence electrons. The Kier molecular flexibility index (Phi) is 2.26. The highest BCUT2D eigenvalue weighted by molar-refractivity contribution is 5.18. The maximum Gasteiger partial charge on any atom is -0.0130 e. The standard InChI is InChI=1S/C12H14/c1-3-7-11(8-4-1)12-9-5-2-6-10-12/h1-7,9,11-12H,8,10H2/t11-,12?/m1/s1. The normalized spacial score (nSPS) is 32.7. The van der Waals surface area contributed by atoms with Gasteiger partial charge in [-0.1, -0.05) is 48.6 Å². The molecule has 2 aliphatic carbocycles. The quantitative estimate of drug-likeness (QED) is 0.549. The predicted octanol–water partition coefficient (Wildman–Crippen LogP) is 3.25. The zero-order chi connectivity index (χ0) is 8.23. The third kappa shape index (κ3) is 1.58. The van der Waals surface area contributed by atoms with Crippen molar-refractivity contribution in [2.24, 2.45) is 11.8 Å². The van der Waals surface area contributed by atoms with E-state index in [-0.39, 0.29) is 0 Å². The van der Waals surface area contributed by atoms with E-state index < -0.39 is 0 Å². The number of hydrogen-bond donors (Lipinski definition) is 0. The lowest BCUT2D eigenvalue weighted by molar-refractivity contribution is 0.478. The Bertz CT molecular complexity index is 225. The summed E-state index contributed by atoms with van der Waals surface area (Å²) in [6.07, 6.45) is 20.2. The summed E-state index contributed by atoms with van der Waals surface area (Å²) in [6.45, 7) is 0. The number of allylic oxidation sites excluding steroid dienone is 8. The molecule has 0 aliphatic heterocycles. The fourth-order valence-electron chi connectivity index (χ4n) is 1.83. The first-order valence-electron chi connectivity index (χ1n) is 4.63. The molecule has 0 heterocycles. The molecular weight excluding hydrogens is 144 g/mol. The molecule has 0 heteroatoms. The number of hydrogen-bond acceptors (Lipinski definition) is 0. The van der Waals surface area contributed by atoms with Crippen molar-refractivity contribution >= 4 is 0 Å². The summed E-state index contributed by atoms with van der Waals surface area (Å²) in [5, 5.41) is 0. The molecule has 0 fully saturated rings. The first kappa shape index (κ1) is 7.60. The van der Waals surface area contributed by atoms with Gasteiger partial charge in [0, 0.05) is 0 Å². The molecule has 0 nitrogen and oxygen atoms in total. The van der Waals surface area contributed by atoms with Crippen molar-refractivity contribution in [3.8, 4) is 0 Å². The Hall–Kier alpha value is -1.04. The maximum atomic E-state index is 2.33. The molecule has 0 bridgehead atoms. The van der Waals surface area contributed by atoms with Crippen LogP contribution >= 0.6 is 0 Å². The largest absolute Gasteiger partial charge is 0.0839 e. The predicted molar refractivity (Wildman–Crippen MR) is 52.8 cm³/mol. The Morgan fingerprint density at radius 1 is 0.667 bits per heavy atom. The van der Waals surface area contributed by atoms with E-state index in [2.05, 4.69) is 48.6 Å². The van der Waals surface area contributed by atoms with Crippen molar-refractivity contribution in [2.75, 3.05) is 0 Å². The number of rotatable bonds is 1. The molecule has 2 aliphatic rings. The molecule has 0 radical (unpaired) electrons. The van der Waals surface area contributed by atoms with E-state index in [1.54, 1.807) is 0 Å². The minimum absolute atomic E-state index is 0.733. The molecule has 0 amide bonds. The molecule has 0 saturated carbocycles. The second-order valence-electron chi connectivity index (χ2n) is 3.43. The molecule has 12 heavy (non-hydrogen) atoms. The van der Waals surface area contributed by atoms with Gasteiger partial charge in [-0.25, -0.2) is 0 Å². The van der Waals surface area contributed by atoms with Crippen LogP contribution in [-0.4, -0.2) is 0 Å². The summed E-state index contributed by atoms with van der Waals surface area (Å²) >= 11 is 0. The summed E-state index contributed by atoms with van der Waals surface area (Å²) in [5.41, 5.74) is 0. The molecule has 2 atom stereocenters. The fraction of sp³-hybridized carbons (Fsp3) is 0.333. The van der Waals surface area contributed by atoms with Crippen molar-refractivity contribution in [1.82, 2.24) is 0 Å². The van der Waals surface area contributed by atoms with Gasteiger partial charge in [0.1, 0.15) is 0 Å². The van der Waals surface area contributed by atoms with E-state index in [1.165, 1.54) is 12.8 Å². The lowest BCUT2D eigenvalue weighted by atomic mass is 9.83. The van der Waals surface area contributed by atoms with Crippen LogP contribution in [0.15, 0.2) is 48.6 Å². The van der Waals surface area contributed by atoms with Crippen LogP contribution in [-0.2, 0) is 0 Å². The zero-order valence-corrected chi connectivity index (χ0v) is 7.19. The summed E-state index contributed by atoms with van der Waals surface area (Å²) in [7, 11) is 0. The van der Waals surface area contributed by atoms with Crippen molar-refractivity contribution in [2.45, 2.75) is 12.8 Å². The van der Waals surface area contributed by atoms with Crippen molar-refractivity contribution in [3.63, 3.8) is 0 Å². The highest BCUT2D eigenvalue weighted by Gasteiger charge is 2.15. The SMILES string of the molecule is C1=CCC([C@@H]2C=CC=CC2)C=C1. The van der Waals surface area contributed by atoms with Crippen LogP contribution < -0.4 is 0 Å². The van der Waals surface area contributed by atoms with Crippen molar-refractivity contribution < 1.29 is 0 Å². The first-order chi connectivity index (χ1) is 5.97. The summed E-state index contributed by atoms with van der Waals surface area (Å²) in [4.78, 5) is 0. The average Bonchev–Trinajstić information content (AvgIpc) is 2.21. The third-order valence-corrected chi connectivity index (χ3v) is 2.58. The molecule has 0 aromatic heterocycles. The molecule has 0 aromatic rings. The summed E-state index contributed by atoms with van der Waals surface area (Å²) in [5.74, 6) is 1.47. The van der Waals surface area contributed by atoms with Crippen LogP contribution in [0.3, 0.4) is 0 Å². The van der Waals surface area contributed by atoms with Gasteiger partial charge in [-0.05, 0) is 24.7 Å². The van der Waals surface area contributed by atoms with E-state index in [1.807, 2.05) is 0 Å². The highest BCUT2D eigenvalue weighted by atomic mass is 14.2. The van der Waals surface area contributed by atoms with Gasteiger partial charge in [0.15, 0.2) is 0 Å².